The van der Waals surface area contributed by atoms with Gasteiger partial charge in [-0.15, -0.1) is 0 Å². The Labute approximate surface area is 98.6 Å². The summed E-state index contributed by atoms with van der Waals surface area (Å²) in [6.45, 7) is 0. The van der Waals surface area contributed by atoms with E-state index in [2.05, 4.69) is 0 Å². The summed E-state index contributed by atoms with van der Waals surface area (Å²) in [6.07, 6.45) is 6.01. The standard InChI is InChI=1S/C11H22O4Si/c1-12-16(13-2,14-3)7-6-9-4-5-10-11(8-9)15-10/h9-11H,4-8H2,1-3H3/t9-,10+,11-/m0/s1. The van der Waals surface area contributed by atoms with Gasteiger partial charge in [-0.3, -0.25) is 0 Å². The van der Waals surface area contributed by atoms with Crippen LogP contribution in [0.5, 0.6) is 0 Å². The highest BCUT2D eigenvalue weighted by Crippen LogP contribution is 2.41. The topological polar surface area (TPSA) is 40.2 Å². The van der Waals surface area contributed by atoms with Crippen molar-refractivity contribution in [3.63, 3.8) is 0 Å². The van der Waals surface area contributed by atoms with Gasteiger partial charge in [0.1, 0.15) is 0 Å². The molecule has 1 saturated heterocycles. The van der Waals surface area contributed by atoms with Crippen LogP contribution in [0.4, 0.5) is 0 Å². The molecule has 0 aromatic heterocycles. The Morgan fingerprint density at radius 2 is 1.75 bits per heavy atom. The summed E-state index contributed by atoms with van der Waals surface area (Å²) in [4.78, 5) is 0. The monoisotopic (exact) mass is 246 g/mol. The van der Waals surface area contributed by atoms with Crippen molar-refractivity contribution in [3.05, 3.63) is 0 Å². The number of hydrogen-bond donors (Lipinski definition) is 0. The van der Waals surface area contributed by atoms with Crippen molar-refractivity contribution in [1.82, 2.24) is 0 Å². The van der Waals surface area contributed by atoms with E-state index in [4.69, 9.17) is 18.0 Å². The third kappa shape index (κ3) is 2.65. The summed E-state index contributed by atoms with van der Waals surface area (Å²) in [7, 11) is 2.69. The van der Waals surface area contributed by atoms with Crippen LogP contribution in [0.15, 0.2) is 0 Å². The molecule has 94 valence electrons. The molecule has 3 atom stereocenters. The van der Waals surface area contributed by atoms with E-state index in [0.717, 1.165) is 18.4 Å². The Morgan fingerprint density at radius 1 is 1.06 bits per heavy atom. The number of rotatable bonds is 6. The van der Waals surface area contributed by atoms with Gasteiger partial charge in [-0.25, -0.2) is 0 Å². The van der Waals surface area contributed by atoms with Crippen LogP contribution in [0.3, 0.4) is 0 Å². The summed E-state index contributed by atoms with van der Waals surface area (Å²) in [5.74, 6) is 0.760. The van der Waals surface area contributed by atoms with Crippen molar-refractivity contribution in [2.24, 2.45) is 5.92 Å². The molecule has 1 heterocycles. The molecule has 0 aromatic carbocycles. The average molecular weight is 246 g/mol. The lowest BCUT2D eigenvalue weighted by atomic mass is 9.88. The Morgan fingerprint density at radius 3 is 2.31 bits per heavy atom. The Hall–Kier alpha value is 0.0569. The fourth-order valence-electron chi connectivity index (χ4n) is 2.69. The molecular weight excluding hydrogens is 224 g/mol. The first kappa shape index (κ1) is 12.5. The summed E-state index contributed by atoms with van der Waals surface area (Å²) in [6, 6.07) is 0.915. The van der Waals surface area contributed by atoms with Gasteiger partial charge in [0.2, 0.25) is 0 Å². The Kier molecular flexibility index (Phi) is 4.02. The molecule has 2 aliphatic rings. The Balaban J connectivity index is 1.76. The maximum Gasteiger partial charge on any atom is 0.500 e. The smallest absolute Gasteiger partial charge is 0.377 e. The van der Waals surface area contributed by atoms with E-state index in [1.165, 1.54) is 19.3 Å². The van der Waals surface area contributed by atoms with Gasteiger partial charge in [0.05, 0.1) is 12.2 Å². The van der Waals surface area contributed by atoms with E-state index in [0.29, 0.717) is 12.2 Å². The van der Waals surface area contributed by atoms with E-state index < -0.39 is 8.80 Å². The first-order valence-electron chi connectivity index (χ1n) is 6.04. The number of epoxide rings is 1. The number of hydrogen-bond acceptors (Lipinski definition) is 4. The van der Waals surface area contributed by atoms with Crippen LogP contribution < -0.4 is 0 Å². The highest BCUT2D eigenvalue weighted by molar-refractivity contribution is 6.60. The highest BCUT2D eigenvalue weighted by atomic mass is 28.4. The first-order chi connectivity index (χ1) is 7.73. The minimum Gasteiger partial charge on any atom is -0.377 e. The van der Waals surface area contributed by atoms with Gasteiger partial charge in [-0.2, -0.15) is 0 Å². The Bertz CT molecular complexity index is 224. The minimum atomic E-state index is -2.35. The van der Waals surface area contributed by atoms with E-state index in [1.54, 1.807) is 21.3 Å². The zero-order valence-electron chi connectivity index (χ0n) is 10.4. The van der Waals surface area contributed by atoms with Crippen LogP contribution in [-0.4, -0.2) is 42.3 Å². The minimum absolute atomic E-state index is 0.558. The first-order valence-corrected chi connectivity index (χ1v) is 7.97. The van der Waals surface area contributed by atoms with Gasteiger partial charge in [0.25, 0.3) is 0 Å². The second-order valence-electron chi connectivity index (χ2n) is 4.73. The molecular formula is C11H22O4Si. The molecule has 5 heteroatoms. The lowest BCUT2D eigenvalue weighted by Gasteiger charge is -2.27. The average Bonchev–Trinajstić information content (AvgIpc) is 3.10. The van der Waals surface area contributed by atoms with Crippen molar-refractivity contribution in [2.45, 2.75) is 43.9 Å². The normalized spacial score (nSPS) is 33.6. The molecule has 2 rings (SSSR count). The third-order valence-corrected chi connectivity index (χ3v) is 6.67. The van der Waals surface area contributed by atoms with Gasteiger partial charge in [0, 0.05) is 27.4 Å². The molecule has 0 bridgehead atoms. The summed E-state index contributed by atoms with van der Waals surface area (Å²) in [5, 5.41) is 0. The van der Waals surface area contributed by atoms with Crippen LogP contribution in [0.1, 0.15) is 25.7 Å². The molecule has 0 unspecified atom stereocenters. The maximum absolute atomic E-state index is 5.54. The van der Waals surface area contributed by atoms with Crippen LogP contribution in [-0.2, 0) is 18.0 Å². The van der Waals surface area contributed by atoms with Crippen LogP contribution >= 0.6 is 0 Å². The summed E-state index contributed by atoms with van der Waals surface area (Å²) >= 11 is 0. The van der Waals surface area contributed by atoms with Gasteiger partial charge < -0.3 is 18.0 Å². The zero-order valence-corrected chi connectivity index (χ0v) is 11.4. The zero-order chi connectivity index (χ0) is 11.6. The van der Waals surface area contributed by atoms with Crippen LogP contribution in [0.2, 0.25) is 6.04 Å². The summed E-state index contributed by atoms with van der Waals surface area (Å²) < 4.78 is 21.8. The fourth-order valence-corrected chi connectivity index (χ4v) is 4.56. The SMILES string of the molecule is CO[Si](CC[C@@H]1CC[C@H]2O[C@H]2C1)(OC)OC. The predicted octanol–water partition coefficient (Wildman–Crippen LogP) is 1.82. The van der Waals surface area contributed by atoms with Gasteiger partial charge in [0.15, 0.2) is 0 Å². The van der Waals surface area contributed by atoms with E-state index in [1.807, 2.05) is 0 Å². The van der Waals surface area contributed by atoms with E-state index in [-0.39, 0.29) is 0 Å². The highest BCUT2D eigenvalue weighted by Gasteiger charge is 2.45. The van der Waals surface area contributed by atoms with E-state index >= 15 is 0 Å². The third-order valence-electron chi connectivity index (χ3n) is 3.90. The molecule has 1 aliphatic carbocycles. The van der Waals surface area contributed by atoms with Crippen LogP contribution in [0, 0.1) is 5.92 Å². The molecule has 0 amide bonds. The van der Waals surface area contributed by atoms with Gasteiger partial charge >= 0.3 is 8.80 Å². The molecule has 1 aliphatic heterocycles. The van der Waals surface area contributed by atoms with Crippen molar-refractivity contribution in [2.75, 3.05) is 21.3 Å². The van der Waals surface area contributed by atoms with Gasteiger partial charge in [-0.05, 0) is 31.6 Å². The molecule has 0 radical (unpaired) electrons. The fraction of sp³-hybridized carbons (Fsp3) is 1.00. The van der Waals surface area contributed by atoms with Crippen molar-refractivity contribution < 1.29 is 18.0 Å². The molecule has 2 fully saturated rings. The van der Waals surface area contributed by atoms with Crippen LogP contribution in [0.25, 0.3) is 0 Å². The maximum atomic E-state index is 5.54. The lowest BCUT2D eigenvalue weighted by Crippen LogP contribution is -2.43. The van der Waals surface area contributed by atoms with E-state index in [9.17, 15) is 0 Å². The molecule has 4 nitrogen and oxygen atoms in total. The van der Waals surface area contributed by atoms with Crippen molar-refractivity contribution in [3.8, 4) is 0 Å². The number of fused-ring (bicyclic) bond motifs is 1. The van der Waals surface area contributed by atoms with Crippen molar-refractivity contribution in [1.29, 1.82) is 0 Å². The largest absolute Gasteiger partial charge is 0.500 e. The molecule has 0 aromatic rings. The van der Waals surface area contributed by atoms with Crippen molar-refractivity contribution >= 4 is 8.80 Å². The second kappa shape index (κ2) is 5.14. The molecule has 1 saturated carbocycles. The summed E-state index contributed by atoms with van der Waals surface area (Å²) in [5.41, 5.74) is 0. The molecule has 0 spiro atoms. The predicted molar refractivity (Wildman–Crippen MR) is 62.2 cm³/mol. The molecule has 0 N–H and O–H groups in total. The second-order valence-corrected chi connectivity index (χ2v) is 7.82. The lowest BCUT2D eigenvalue weighted by molar-refractivity contribution is 0.120. The molecule has 16 heavy (non-hydrogen) atoms. The number of ether oxygens (including phenoxy) is 1. The quantitative estimate of drug-likeness (QED) is 0.529. The van der Waals surface area contributed by atoms with Gasteiger partial charge in [-0.1, -0.05) is 0 Å².